The number of carboxylic acids is 1. The molecule has 0 saturated carbocycles. The zero-order valence-electron chi connectivity index (χ0n) is 13.1. The number of aromatic carboxylic acids is 1. The first-order chi connectivity index (χ1) is 10.1. The summed E-state index contributed by atoms with van der Waals surface area (Å²) in [7, 11) is 0. The number of ether oxygens (including phenoxy) is 1. The maximum atomic E-state index is 14.0. The molecule has 120 valence electrons. The van der Waals surface area contributed by atoms with Crippen LogP contribution in [0.3, 0.4) is 0 Å². The lowest BCUT2D eigenvalue weighted by Crippen LogP contribution is -2.34. The fourth-order valence-electron chi connectivity index (χ4n) is 2.84. The summed E-state index contributed by atoms with van der Waals surface area (Å²) in [5.41, 5.74) is 0.0583. The Morgan fingerprint density at radius 2 is 1.95 bits per heavy atom. The molecule has 2 N–H and O–H groups in total. The predicted octanol–water partition coefficient (Wildman–Crippen LogP) is 3.60. The molecule has 2 atom stereocenters. The highest BCUT2D eigenvalue weighted by molar-refractivity contribution is 5.90. The minimum Gasteiger partial charge on any atom is -0.478 e. The number of halogens is 1. The molecular formula is C16H20FNO4. The van der Waals surface area contributed by atoms with Crippen LogP contribution in [0, 0.1) is 5.82 Å². The summed E-state index contributed by atoms with van der Waals surface area (Å²) >= 11 is 0. The first-order valence-electron chi connectivity index (χ1n) is 7.15. The van der Waals surface area contributed by atoms with Gasteiger partial charge in [0, 0.05) is 0 Å². The summed E-state index contributed by atoms with van der Waals surface area (Å²) in [6.07, 6.45) is -0.200. The molecular weight excluding hydrogens is 289 g/mol. The Kier molecular flexibility index (Phi) is 4.13. The lowest BCUT2D eigenvalue weighted by Gasteiger charge is -2.22. The van der Waals surface area contributed by atoms with E-state index >= 15 is 0 Å². The molecule has 1 aliphatic rings. The number of fused-ring (bicyclic) bond motifs is 1. The molecule has 0 spiro atoms. The van der Waals surface area contributed by atoms with Gasteiger partial charge in [0.1, 0.15) is 11.4 Å². The van der Waals surface area contributed by atoms with Crippen molar-refractivity contribution in [2.75, 3.05) is 0 Å². The SMILES string of the molecule is C[C@H]1C[C@@H](NC(=O)OC(C)(C)C)c2c(C(=O)O)ccc(F)c21. The molecule has 0 fully saturated rings. The van der Waals surface area contributed by atoms with Crippen LogP contribution in [-0.2, 0) is 4.74 Å². The van der Waals surface area contributed by atoms with Gasteiger partial charge in [-0.3, -0.25) is 0 Å². The van der Waals surface area contributed by atoms with Crippen molar-refractivity contribution in [3.05, 3.63) is 34.6 Å². The van der Waals surface area contributed by atoms with E-state index in [9.17, 15) is 19.1 Å². The molecule has 22 heavy (non-hydrogen) atoms. The van der Waals surface area contributed by atoms with E-state index in [1.165, 1.54) is 6.07 Å². The third kappa shape index (κ3) is 3.21. The van der Waals surface area contributed by atoms with Gasteiger partial charge in [-0.15, -0.1) is 0 Å². The molecule has 6 heteroatoms. The van der Waals surface area contributed by atoms with Crippen LogP contribution in [0.5, 0.6) is 0 Å². The van der Waals surface area contributed by atoms with Gasteiger partial charge in [-0.05, 0) is 56.4 Å². The molecule has 2 rings (SSSR count). The first-order valence-corrected chi connectivity index (χ1v) is 7.15. The van der Waals surface area contributed by atoms with Crippen molar-refractivity contribution >= 4 is 12.1 Å². The van der Waals surface area contributed by atoms with Gasteiger partial charge in [-0.25, -0.2) is 14.0 Å². The van der Waals surface area contributed by atoms with E-state index in [1.54, 1.807) is 20.8 Å². The summed E-state index contributed by atoms with van der Waals surface area (Å²) in [6, 6.07) is 1.83. The number of amides is 1. The van der Waals surface area contributed by atoms with Gasteiger partial charge in [0.2, 0.25) is 0 Å². The van der Waals surface area contributed by atoms with Crippen molar-refractivity contribution in [3.8, 4) is 0 Å². The number of hydrogen-bond donors (Lipinski definition) is 2. The van der Waals surface area contributed by atoms with E-state index in [1.807, 2.05) is 6.92 Å². The molecule has 1 amide bonds. The third-order valence-electron chi connectivity index (χ3n) is 3.59. The number of benzene rings is 1. The fraction of sp³-hybridized carbons (Fsp3) is 0.500. The topological polar surface area (TPSA) is 75.6 Å². The van der Waals surface area contributed by atoms with Crippen LogP contribution in [0.1, 0.15) is 67.6 Å². The second-order valence-electron chi connectivity index (χ2n) is 6.56. The Morgan fingerprint density at radius 3 is 2.50 bits per heavy atom. The zero-order valence-corrected chi connectivity index (χ0v) is 13.1. The highest BCUT2D eigenvalue weighted by Crippen LogP contribution is 2.43. The fourth-order valence-corrected chi connectivity index (χ4v) is 2.84. The molecule has 0 unspecified atom stereocenters. The first kappa shape index (κ1) is 16.3. The van der Waals surface area contributed by atoms with Crippen molar-refractivity contribution in [1.82, 2.24) is 5.32 Å². The van der Waals surface area contributed by atoms with Gasteiger partial charge in [-0.1, -0.05) is 6.92 Å². The summed E-state index contributed by atoms with van der Waals surface area (Å²) in [5, 5.41) is 12.0. The second kappa shape index (κ2) is 5.59. The van der Waals surface area contributed by atoms with Gasteiger partial charge in [0.15, 0.2) is 0 Å². The van der Waals surface area contributed by atoms with Gasteiger partial charge in [0.25, 0.3) is 0 Å². The average Bonchev–Trinajstić information content (AvgIpc) is 2.65. The lowest BCUT2D eigenvalue weighted by atomic mass is 9.98. The Bertz CT molecular complexity index is 621. The number of carbonyl (C=O) groups is 2. The van der Waals surface area contributed by atoms with Gasteiger partial charge < -0.3 is 15.2 Å². The van der Waals surface area contributed by atoms with Gasteiger partial charge in [0.05, 0.1) is 11.6 Å². The Hall–Kier alpha value is -2.11. The molecule has 1 aromatic rings. The Labute approximate surface area is 128 Å². The van der Waals surface area contributed by atoms with E-state index in [0.717, 1.165) is 6.07 Å². The number of alkyl carbamates (subject to hydrolysis) is 1. The summed E-state index contributed by atoms with van der Waals surface area (Å²) < 4.78 is 19.2. The van der Waals surface area contributed by atoms with Crippen LogP contribution < -0.4 is 5.32 Å². The van der Waals surface area contributed by atoms with Crippen molar-refractivity contribution in [3.63, 3.8) is 0 Å². The maximum Gasteiger partial charge on any atom is 0.408 e. The van der Waals surface area contributed by atoms with Crippen LogP contribution in [0.15, 0.2) is 12.1 Å². The summed E-state index contributed by atoms with van der Waals surface area (Å²) in [6.45, 7) is 7.02. The normalized spacial score (nSPS) is 20.4. The molecule has 0 radical (unpaired) electrons. The quantitative estimate of drug-likeness (QED) is 0.875. The molecule has 0 saturated heterocycles. The largest absolute Gasteiger partial charge is 0.478 e. The minimum absolute atomic E-state index is 0.0156. The Balaban J connectivity index is 2.34. The molecule has 0 bridgehead atoms. The van der Waals surface area contributed by atoms with E-state index in [4.69, 9.17) is 4.74 Å². The molecule has 5 nitrogen and oxygen atoms in total. The van der Waals surface area contributed by atoms with Crippen molar-refractivity contribution in [1.29, 1.82) is 0 Å². The lowest BCUT2D eigenvalue weighted by molar-refractivity contribution is 0.0499. The number of hydrogen-bond acceptors (Lipinski definition) is 3. The highest BCUT2D eigenvalue weighted by Gasteiger charge is 2.36. The van der Waals surface area contributed by atoms with Crippen LogP contribution in [-0.4, -0.2) is 22.8 Å². The minimum atomic E-state index is -1.14. The molecule has 0 aliphatic heterocycles. The Morgan fingerprint density at radius 1 is 1.32 bits per heavy atom. The van der Waals surface area contributed by atoms with E-state index in [2.05, 4.69) is 5.32 Å². The number of carboxylic acid groups (broad SMARTS) is 1. The smallest absolute Gasteiger partial charge is 0.408 e. The van der Waals surface area contributed by atoms with Gasteiger partial charge in [-0.2, -0.15) is 0 Å². The monoisotopic (exact) mass is 309 g/mol. The summed E-state index contributed by atoms with van der Waals surface area (Å²) in [5.74, 6) is -1.75. The van der Waals surface area contributed by atoms with Crippen LogP contribution in [0.4, 0.5) is 9.18 Å². The van der Waals surface area contributed by atoms with Crippen LogP contribution in [0.2, 0.25) is 0 Å². The number of nitrogens with one attached hydrogen (secondary N) is 1. The molecule has 0 aromatic heterocycles. The van der Waals surface area contributed by atoms with Crippen LogP contribution >= 0.6 is 0 Å². The highest BCUT2D eigenvalue weighted by atomic mass is 19.1. The maximum absolute atomic E-state index is 14.0. The van der Waals surface area contributed by atoms with E-state index < -0.39 is 29.5 Å². The zero-order chi connectivity index (χ0) is 16.7. The summed E-state index contributed by atoms with van der Waals surface area (Å²) in [4.78, 5) is 23.3. The van der Waals surface area contributed by atoms with Crippen molar-refractivity contribution < 1.29 is 23.8 Å². The van der Waals surface area contributed by atoms with Crippen LogP contribution in [0.25, 0.3) is 0 Å². The standard InChI is InChI=1S/C16H20FNO4/c1-8-7-11(18-15(21)22-16(2,3)4)13-9(14(19)20)5-6-10(17)12(8)13/h5-6,8,11H,7H2,1-4H3,(H,18,21)(H,19,20)/t8-,11+/m0/s1. The van der Waals surface area contributed by atoms with E-state index in [-0.39, 0.29) is 11.5 Å². The molecule has 1 aromatic carbocycles. The second-order valence-corrected chi connectivity index (χ2v) is 6.56. The number of carbonyl (C=O) groups excluding carboxylic acids is 1. The number of rotatable bonds is 2. The molecule has 0 heterocycles. The average molecular weight is 309 g/mol. The van der Waals surface area contributed by atoms with Gasteiger partial charge >= 0.3 is 12.1 Å². The van der Waals surface area contributed by atoms with Crippen molar-refractivity contribution in [2.45, 2.75) is 51.7 Å². The van der Waals surface area contributed by atoms with E-state index in [0.29, 0.717) is 17.5 Å². The van der Waals surface area contributed by atoms with Crippen molar-refractivity contribution in [2.24, 2.45) is 0 Å². The predicted molar refractivity (Wildman–Crippen MR) is 78.5 cm³/mol. The third-order valence-corrected chi connectivity index (χ3v) is 3.59. The molecule has 1 aliphatic carbocycles.